The van der Waals surface area contributed by atoms with Crippen LogP contribution in [-0.2, 0) is 0 Å². The van der Waals surface area contributed by atoms with Crippen LogP contribution in [0.1, 0.15) is 0 Å². The number of hydrogen-bond acceptors (Lipinski definition) is 1. The quantitative estimate of drug-likeness (QED) is 0.153. The van der Waals surface area contributed by atoms with E-state index in [-0.39, 0.29) is 0 Å². The molecule has 0 aliphatic heterocycles. The first-order chi connectivity index (χ1) is 23.2. The number of alkyl halides is 37. The Morgan fingerprint density at radius 1 is 0.143 bits per heavy atom. The van der Waals surface area contributed by atoms with E-state index < -0.39 is 57.3 Å². The minimum Gasteiger partial charge on any atom is -0.368 e. The van der Waals surface area contributed by atoms with E-state index in [2.05, 4.69) is 589 Å². The normalized spacial score (nSPS) is 17.5. The highest BCUT2D eigenvalue weighted by molar-refractivity contribution is 9.43. The van der Waals surface area contributed by atoms with Crippen molar-refractivity contribution in [3.8, 4) is 0 Å². The standard InChI is InChI=1S/C18HBr37O/c19-1(20,3(23,24)5(27,28)7(31,32)9(35,36)11(39,40)13(43,44)15(47,48)17(51,52)53)2(21,22)4(25,26)6(29,30)8(33,34)10(37,38)12(41,42)14(45,46)16(49,50)18(54,55)56/h56H. The van der Waals surface area contributed by atoms with Crippen LogP contribution in [0.3, 0.4) is 0 Å². The maximum absolute atomic E-state index is 11.1. The summed E-state index contributed by atoms with van der Waals surface area (Å²) >= 11 is 143. The van der Waals surface area contributed by atoms with Gasteiger partial charge in [-0.3, -0.25) is 0 Å². The zero-order valence-electron chi connectivity index (χ0n) is 23.4. The van der Waals surface area contributed by atoms with E-state index in [1.165, 1.54) is 0 Å². The topological polar surface area (TPSA) is 20.2 Å². The predicted octanol–water partition coefficient (Wildman–Crippen LogP) is 27.0. The molecular formula is C18HBr37O. The summed E-state index contributed by atoms with van der Waals surface area (Å²) in [6.45, 7) is 0. The first kappa shape index (κ1) is 73.7. The van der Waals surface area contributed by atoms with Gasteiger partial charge in [0, 0.05) is 0 Å². The fraction of sp³-hybridized carbons (Fsp3) is 1.00. The second-order valence-electron chi connectivity index (χ2n) is 10.2. The molecule has 0 radical (unpaired) electrons. The molecule has 0 heterocycles. The van der Waals surface area contributed by atoms with Gasteiger partial charge in [-0.25, -0.2) is 0 Å². The lowest BCUT2D eigenvalue weighted by molar-refractivity contribution is 0.228. The number of rotatable bonds is 16. The highest BCUT2D eigenvalue weighted by Gasteiger charge is 2.84. The summed E-state index contributed by atoms with van der Waals surface area (Å²) in [5.41, 5.74) is 0. The number of hydrogen-bond donors (Lipinski definition) is 1. The average Bonchev–Trinajstić information content (AvgIpc) is 2.94. The Bertz CT molecular complexity index is 1330. The first-order valence-electron chi connectivity index (χ1n) is 11.5. The van der Waals surface area contributed by atoms with E-state index in [1.807, 2.05) is 0 Å². The smallest absolute Gasteiger partial charge is 0.202 e. The zero-order chi connectivity index (χ0) is 47.0. The Balaban J connectivity index is 7.85. The number of halogens is 37. The molecule has 56 heavy (non-hydrogen) atoms. The van der Waals surface area contributed by atoms with E-state index in [9.17, 15) is 5.11 Å². The van der Waals surface area contributed by atoms with E-state index >= 15 is 0 Å². The molecule has 0 bridgehead atoms. The van der Waals surface area contributed by atoms with Gasteiger partial charge >= 0.3 is 0 Å². The second kappa shape index (κ2) is 23.7. The summed E-state index contributed by atoms with van der Waals surface area (Å²) in [6.07, 6.45) is 0. The predicted molar refractivity (Wildman–Crippen MR) is 382 cm³/mol. The van der Waals surface area contributed by atoms with Crippen LogP contribution >= 0.6 is 589 Å². The third-order valence-electron chi connectivity index (χ3n) is 6.65. The Morgan fingerprint density at radius 2 is 0.232 bits per heavy atom. The van der Waals surface area contributed by atoms with E-state index in [4.69, 9.17) is 0 Å². The lowest BCUT2D eigenvalue weighted by Crippen LogP contribution is -2.74. The second-order valence-corrected chi connectivity index (χ2v) is 75.4. The van der Waals surface area contributed by atoms with Gasteiger partial charge in [0.1, 0.15) is 48.5 Å². The van der Waals surface area contributed by atoms with Crippen LogP contribution in [0.15, 0.2) is 0 Å². The Hall–Kier alpha value is 17.7. The maximum atomic E-state index is 11.1. The Morgan fingerprint density at radius 3 is 0.321 bits per heavy atom. The SMILES string of the molecule is OC(Br)(Br)C(Br)(Br)C(Br)(Br)C(Br)(Br)C(Br)(Br)C(Br)(Br)C(Br)(Br)C(Br)(Br)C(Br)(Br)C(Br)(Br)C(Br)(Br)C(Br)(Br)C(Br)(Br)C(Br)(Br)C(Br)(Br)C(Br)(Br)C(Br)(Br)C(Br)(Br)Br. The van der Waals surface area contributed by atoms with Gasteiger partial charge < -0.3 is 5.11 Å². The fourth-order valence-electron chi connectivity index (χ4n) is 3.13. The van der Waals surface area contributed by atoms with Crippen molar-refractivity contribution >= 4 is 589 Å². The Kier molecular flexibility index (Phi) is 31.2. The molecule has 1 nitrogen and oxygen atoms in total. The molecule has 0 aliphatic carbocycles. The summed E-state index contributed by atoms with van der Waals surface area (Å²) in [4.78, 5) is 0. The zero-order valence-corrected chi connectivity index (χ0v) is 82.1. The molecule has 0 saturated carbocycles. The van der Waals surface area contributed by atoms with Crippen LogP contribution < -0.4 is 0 Å². The van der Waals surface area contributed by atoms with Crippen molar-refractivity contribution in [2.75, 3.05) is 0 Å². The van der Waals surface area contributed by atoms with E-state index in [1.54, 1.807) is 0 Å². The monoisotopic (exact) mass is 3150 g/mol. The lowest BCUT2D eigenvalue weighted by atomic mass is 10.0. The molecule has 0 atom stereocenters. The minimum atomic E-state index is -1.72. The van der Waals surface area contributed by atoms with Crippen LogP contribution in [0, 0.1) is 0 Å². The van der Waals surface area contributed by atoms with Crippen molar-refractivity contribution in [1.29, 1.82) is 0 Å². The van der Waals surface area contributed by atoms with Crippen LogP contribution in [0.25, 0.3) is 0 Å². The van der Waals surface area contributed by atoms with Gasteiger partial charge in [-0.1, -0.05) is 558 Å². The van der Waals surface area contributed by atoms with Gasteiger partial charge in [-0.15, -0.1) is 0 Å². The van der Waals surface area contributed by atoms with Crippen molar-refractivity contribution in [2.24, 2.45) is 0 Å². The van der Waals surface area contributed by atoms with Crippen molar-refractivity contribution < 1.29 is 5.11 Å². The molecule has 0 rings (SSSR count). The van der Waals surface area contributed by atoms with Crippen molar-refractivity contribution in [1.82, 2.24) is 0 Å². The highest BCUT2D eigenvalue weighted by atomic mass is 80.0. The molecule has 0 aromatic rings. The van der Waals surface area contributed by atoms with Crippen LogP contribution in [0.5, 0.6) is 0 Å². The summed E-state index contributed by atoms with van der Waals surface area (Å²) in [5.74, 6) is 0. The maximum Gasteiger partial charge on any atom is 0.202 e. The minimum absolute atomic E-state index is 0.919. The molecule has 338 valence electrons. The van der Waals surface area contributed by atoms with Gasteiger partial charge in [-0.05, 0) is 31.9 Å². The molecule has 0 amide bonds. The molecular weight excluding hydrogens is 3190 g/mol. The lowest BCUT2D eigenvalue weighted by Gasteiger charge is -2.62. The summed E-state index contributed by atoms with van der Waals surface area (Å²) in [5, 5.41) is 11.1. The molecule has 0 aliphatic rings. The largest absolute Gasteiger partial charge is 0.368 e. The third kappa shape index (κ3) is 12.3. The van der Waals surface area contributed by atoms with Gasteiger partial charge in [-0.2, -0.15) is 0 Å². The van der Waals surface area contributed by atoms with Crippen LogP contribution in [0.2, 0.25) is 0 Å². The highest BCUT2D eigenvalue weighted by Crippen LogP contribution is 2.84. The molecule has 0 fully saturated rings. The third-order valence-corrected chi connectivity index (χ3v) is 84.9. The average molecular weight is 3190 g/mol. The van der Waals surface area contributed by atoms with E-state index in [0.29, 0.717) is 0 Å². The van der Waals surface area contributed by atoms with Gasteiger partial charge in [0.2, 0.25) is 3.42 Å². The van der Waals surface area contributed by atoms with Gasteiger partial charge in [0.15, 0.2) is 5.38 Å². The summed E-state index contributed by atoms with van der Waals surface area (Å²) in [6, 6.07) is 0. The van der Waals surface area contributed by atoms with Gasteiger partial charge in [0.05, 0.1) is 0 Å². The van der Waals surface area contributed by atoms with Crippen molar-refractivity contribution in [3.05, 3.63) is 0 Å². The molecule has 0 saturated heterocycles. The van der Waals surface area contributed by atoms with Crippen molar-refractivity contribution in [2.45, 2.75) is 57.3 Å². The van der Waals surface area contributed by atoms with Crippen LogP contribution in [0.4, 0.5) is 0 Å². The molecule has 38 heteroatoms. The molecule has 1 N–H and O–H groups in total. The molecule has 0 spiro atoms. The van der Waals surface area contributed by atoms with Crippen LogP contribution in [-0.4, -0.2) is 62.4 Å². The molecule has 0 aromatic carbocycles. The fourth-order valence-corrected chi connectivity index (χ4v) is 40.0. The van der Waals surface area contributed by atoms with Crippen molar-refractivity contribution in [3.63, 3.8) is 0 Å². The first-order valence-corrected chi connectivity index (χ1v) is 40.8. The number of aliphatic hydroxyl groups is 1. The van der Waals surface area contributed by atoms with Gasteiger partial charge in [0.25, 0.3) is 0 Å². The van der Waals surface area contributed by atoms with E-state index in [0.717, 1.165) is 0 Å². The summed E-state index contributed by atoms with van der Waals surface area (Å²) < 4.78 is -23.7. The Labute approximate surface area is 635 Å². The molecule has 0 unspecified atom stereocenters. The summed E-state index contributed by atoms with van der Waals surface area (Å²) in [7, 11) is 0. The molecule has 0 aromatic heterocycles.